The fourth-order valence-corrected chi connectivity index (χ4v) is 7.23. The Balaban J connectivity index is 1.33. The first-order valence-electron chi connectivity index (χ1n) is 17.8. The minimum atomic E-state index is -0.609. The number of benzene rings is 4. The lowest BCUT2D eigenvalue weighted by Crippen LogP contribution is -2.40. The highest BCUT2D eigenvalue weighted by atomic mass is 16.6. The lowest BCUT2D eigenvalue weighted by atomic mass is 9.83. The number of rotatable bonds is 14. The Morgan fingerprint density at radius 3 is 1.10 bits per heavy atom. The Hall–Kier alpha value is -5.29. The van der Waals surface area contributed by atoms with E-state index in [1.807, 2.05) is 25.7 Å². The molecule has 6 aromatic rings. The second kappa shape index (κ2) is 16.4. The van der Waals surface area contributed by atoms with Crippen LogP contribution in [0.4, 0.5) is 4.79 Å². The van der Waals surface area contributed by atoms with Crippen LogP contribution in [0.1, 0.15) is 79.8 Å². The zero-order valence-electron chi connectivity index (χ0n) is 29.5. The highest BCUT2D eigenvalue weighted by Crippen LogP contribution is 2.40. The summed E-state index contributed by atoms with van der Waals surface area (Å²) in [6, 6.07) is 51.4. The number of carbonyl (C=O) groups excluding carboxylic acids is 1. The summed E-state index contributed by atoms with van der Waals surface area (Å²) in [5.41, 5.74) is 4.40. The van der Waals surface area contributed by atoms with E-state index in [1.54, 1.807) is 0 Å². The van der Waals surface area contributed by atoms with Gasteiger partial charge in [0.25, 0.3) is 0 Å². The average Bonchev–Trinajstić information content (AvgIpc) is 3.87. The van der Waals surface area contributed by atoms with Crippen molar-refractivity contribution in [2.75, 3.05) is 13.1 Å². The van der Waals surface area contributed by atoms with Gasteiger partial charge in [-0.05, 0) is 80.1 Å². The second-order valence-corrected chi connectivity index (χ2v) is 14.0. The largest absolute Gasteiger partial charge is 0.444 e. The number of hydrogen-bond acceptors (Lipinski definition) is 2. The maximum atomic E-state index is 14.1. The van der Waals surface area contributed by atoms with E-state index >= 15 is 0 Å². The average molecular weight is 664 g/mol. The molecule has 6 rings (SSSR count). The monoisotopic (exact) mass is 663 g/mol. The summed E-state index contributed by atoms with van der Waals surface area (Å²) in [5.74, 6) is 0.192. The summed E-state index contributed by atoms with van der Waals surface area (Å²) >= 11 is 0. The highest BCUT2D eigenvalue weighted by Gasteiger charge is 2.31. The van der Waals surface area contributed by atoms with E-state index in [1.165, 1.54) is 22.3 Å². The van der Waals surface area contributed by atoms with Crippen molar-refractivity contribution in [2.45, 2.75) is 63.1 Å². The first kappa shape index (κ1) is 34.6. The van der Waals surface area contributed by atoms with E-state index in [2.05, 4.69) is 180 Å². The molecule has 0 bridgehead atoms. The first-order valence-corrected chi connectivity index (χ1v) is 17.8. The number of ether oxygens (including phenoxy) is 1. The maximum absolute atomic E-state index is 14.1. The van der Waals surface area contributed by atoms with Crippen LogP contribution in [0.3, 0.4) is 0 Å². The van der Waals surface area contributed by atoms with E-state index in [-0.39, 0.29) is 30.0 Å². The Morgan fingerprint density at radius 2 is 0.820 bits per heavy atom. The fourth-order valence-electron chi connectivity index (χ4n) is 7.23. The number of nitrogens with zero attached hydrogens (tertiary/aromatic N) is 3. The van der Waals surface area contributed by atoms with E-state index < -0.39 is 5.60 Å². The third-order valence-corrected chi connectivity index (χ3v) is 9.47. The van der Waals surface area contributed by atoms with Gasteiger partial charge in [-0.1, -0.05) is 121 Å². The Labute approximate surface area is 297 Å². The summed E-state index contributed by atoms with van der Waals surface area (Å²) < 4.78 is 10.7. The van der Waals surface area contributed by atoms with Crippen molar-refractivity contribution < 1.29 is 9.53 Å². The molecule has 1 amide bonds. The molecule has 0 N–H and O–H groups in total. The van der Waals surface area contributed by atoms with E-state index in [4.69, 9.17) is 4.74 Å². The Morgan fingerprint density at radius 1 is 0.520 bits per heavy atom. The molecule has 2 atom stereocenters. The normalized spacial score (nSPS) is 12.9. The molecule has 0 spiro atoms. The fraction of sp³-hybridized carbons (Fsp3) is 0.267. The van der Waals surface area contributed by atoms with Gasteiger partial charge in [0.2, 0.25) is 0 Å². The van der Waals surface area contributed by atoms with Crippen LogP contribution in [0.2, 0.25) is 0 Å². The lowest BCUT2D eigenvalue weighted by Gasteiger charge is -2.35. The Kier molecular flexibility index (Phi) is 11.3. The predicted octanol–water partition coefficient (Wildman–Crippen LogP) is 10.8. The molecular weight excluding hydrogens is 615 g/mol. The van der Waals surface area contributed by atoms with Gasteiger partial charge in [0.05, 0.1) is 0 Å². The van der Waals surface area contributed by atoms with Gasteiger partial charge in [-0.25, -0.2) is 4.79 Å². The summed E-state index contributed by atoms with van der Waals surface area (Å²) in [4.78, 5) is 16.0. The topological polar surface area (TPSA) is 39.4 Å². The number of carbonyl (C=O) groups is 1. The van der Waals surface area contributed by atoms with Crippen molar-refractivity contribution in [1.29, 1.82) is 0 Å². The van der Waals surface area contributed by atoms with Crippen LogP contribution in [-0.4, -0.2) is 38.8 Å². The molecule has 0 saturated heterocycles. The minimum absolute atomic E-state index is 0.0707. The standard InChI is InChI=1S/C45H49N3O2/c1-45(2,3)50-44(49)48(34-28-40(46-30-16-17-31-46)42(36-20-8-4-9-21-36)37-22-10-5-11-23-37)35-29-41(47-32-18-19-33-47)43(38-24-12-6-13-25-38)39-26-14-7-15-27-39/h4-27,30-33,40-43H,28-29,34-35H2,1-3H3/t40-,41-/m0/s1. The zero-order valence-corrected chi connectivity index (χ0v) is 29.5. The van der Waals surface area contributed by atoms with Gasteiger partial charge in [0.1, 0.15) is 5.60 Å². The SMILES string of the molecule is CC(C)(C)OC(=O)N(CC[C@@H](C(c1ccccc1)c1ccccc1)n1cccc1)CC[C@@H](C(c1ccccc1)c1ccccc1)n1cccc1. The van der Waals surface area contributed by atoms with Gasteiger partial charge in [-0.15, -0.1) is 0 Å². The Bertz CT molecular complexity index is 1630. The molecule has 0 aliphatic rings. The zero-order chi connectivity index (χ0) is 34.8. The molecule has 0 fully saturated rings. The van der Waals surface area contributed by atoms with Crippen molar-refractivity contribution in [3.63, 3.8) is 0 Å². The lowest BCUT2D eigenvalue weighted by molar-refractivity contribution is 0.0229. The van der Waals surface area contributed by atoms with Crippen LogP contribution in [0.15, 0.2) is 170 Å². The number of aromatic nitrogens is 2. The molecule has 0 aliphatic heterocycles. The molecule has 50 heavy (non-hydrogen) atoms. The maximum Gasteiger partial charge on any atom is 0.410 e. The molecule has 0 aliphatic carbocycles. The first-order chi connectivity index (χ1) is 24.4. The molecule has 256 valence electrons. The van der Waals surface area contributed by atoms with Crippen LogP contribution < -0.4 is 0 Å². The van der Waals surface area contributed by atoms with Gasteiger partial charge < -0.3 is 18.8 Å². The van der Waals surface area contributed by atoms with Crippen LogP contribution >= 0.6 is 0 Å². The second-order valence-electron chi connectivity index (χ2n) is 14.0. The number of hydrogen-bond donors (Lipinski definition) is 0. The number of amides is 1. The van der Waals surface area contributed by atoms with Gasteiger partial charge in [0, 0.05) is 61.8 Å². The summed E-state index contributed by atoms with van der Waals surface area (Å²) in [6.45, 7) is 6.92. The summed E-state index contributed by atoms with van der Waals surface area (Å²) in [5, 5.41) is 0. The molecule has 4 aromatic carbocycles. The molecule has 5 heteroatoms. The van der Waals surface area contributed by atoms with Crippen LogP contribution in [0, 0.1) is 0 Å². The molecule has 0 unspecified atom stereocenters. The van der Waals surface area contributed by atoms with Crippen LogP contribution in [0.25, 0.3) is 0 Å². The highest BCUT2D eigenvalue weighted by molar-refractivity contribution is 5.68. The molecular formula is C45H49N3O2. The van der Waals surface area contributed by atoms with E-state index in [9.17, 15) is 4.79 Å². The molecule has 5 nitrogen and oxygen atoms in total. The minimum Gasteiger partial charge on any atom is -0.444 e. The van der Waals surface area contributed by atoms with Crippen molar-refractivity contribution in [3.8, 4) is 0 Å². The summed E-state index contributed by atoms with van der Waals surface area (Å²) in [7, 11) is 0. The molecule has 2 aromatic heterocycles. The van der Waals surface area contributed by atoms with Crippen molar-refractivity contribution in [1.82, 2.24) is 14.0 Å². The van der Waals surface area contributed by atoms with Crippen molar-refractivity contribution >= 4 is 6.09 Å². The van der Waals surface area contributed by atoms with Crippen molar-refractivity contribution in [3.05, 3.63) is 193 Å². The van der Waals surface area contributed by atoms with Gasteiger partial charge >= 0.3 is 6.09 Å². The third kappa shape index (κ3) is 8.83. The molecule has 0 saturated carbocycles. The van der Waals surface area contributed by atoms with Crippen molar-refractivity contribution in [2.24, 2.45) is 0 Å². The quantitative estimate of drug-likeness (QED) is 0.116. The van der Waals surface area contributed by atoms with Gasteiger partial charge in [0.15, 0.2) is 0 Å². The summed E-state index contributed by atoms with van der Waals surface area (Å²) in [6.07, 6.45) is 9.81. The van der Waals surface area contributed by atoms with E-state index in [0.717, 1.165) is 12.8 Å². The van der Waals surface area contributed by atoms with Gasteiger partial charge in [-0.2, -0.15) is 0 Å². The predicted molar refractivity (Wildman–Crippen MR) is 203 cm³/mol. The van der Waals surface area contributed by atoms with Crippen LogP contribution in [-0.2, 0) is 4.74 Å². The smallest absolute Gasteiger partial charge is 0.410 e. The van der Waals surface area contributed by atoms with E-state index in [0.29, 0.717) is 13.1 Å². The third-order valence-electron chi connectivity index (χ3n) is 9.47. The van der Waals surface area contributed by atoms with Gasteiger partial charge in [-0.3, -0.25) is 0 Å². The molecule has 2 heterocycles. The van der Waals surface area contributed by atoms with Crippen LogP contribution in [0.5, 0.6) is 0 Å². The molecule has 0 radical (unpaired) electrons.